The van der Waals surface area contributed by atoms with Gasteiger partial charge in [0.15, 0.2) is 15.6 Å². The molecule has 0 unspecified atom stereocenters. The highest BCUT2D eigenvalue weighted by molar-refractivity contribution is 14.1. The summed E-state index contributed by atoms with van der Waals surface area (Å²) in [6, 6.07) is 16.4. The van der Waals surface area contributed by atoms with Crippen LogP contribution in [0.25, 0.3) is 5.69 Å². The molecule has 4 aromatic rings. The lowest BCUT2D eigenvalue weighted by Crippen LogP contribution is -2.22. The average Bonchev–Trinajstić information content (AvgIpc) is 3.39. The number of aromatic nitrogens is 3. The molecule has 0 saturated carbocycles. The molecule has 2 aromatic heterocycles. The first-order chi connectivity index (χ1) is 21.6. The number of hydrogen-bond acceptors (Lipinski definition) is 8. The monoisotopic (exact) mass is 748 g/mol. The van der Waals surface area contributed by atoms with Crippen LogP contribution in [0.4, 0.5) is 16.3 Å². The van der Waals surface area contributed by atoms with E-state index in [1.165, 1.54) is 31.5 Å². The topological polar surface area (TPSA) is 142 Å². The Morgan fingerprint density at radius 1 is 1.02 bits per heavy atom. The number of hydrogen-bond donors (Lipinski definition) is 2. The number of pyridine rings is 1. The number of rotatable bonds is 10. The predicted octanol–water partition coefficient (Wildman–Crippen LogP) is 6.52. The number of nitrogens with one attached hydrogen (secondary N) is 2. The molecule has 0 saturated heterocycles. The molecule has 45 heavy (non-hydrogen) atoms. The number of carbonyl (C=O) groups excluding carboxylic acids is 2. The molecule has 0 spiro atoms. The standard InChI is InChI=1S/C31H35N5O6S.CH3I/c1-20-7-9-22(10-8-20)36-29(18-28(35-36)31(2,3)4)34-30(38)33-26-12-11-24(17-27(26)43(6,39)40)42-25-13-14-32-21(16-25)15-23(37)19-41-5;1-2/h7-14,16-18H,15,19H2,1-6H3,(H2,33,34,38);1H3/i;1D. The Bertz CT molecular complexity index is 1770. The van der Waals surface area contributed by atoms with Crippen LogP contribution >= 0.6 is 22.6 Å². The predicted molar refractivity (Wildman–Crippen MR) is 184 cm³/mol. The molecular weight excluding hydrogens is 709 g/mol. The number of halogens is 1. The summed E-state index contributed by atoms with van der Waals surface area (Å²) in [5.74, 6) is 0.868. The molecule has 0 aliphatic heterocycles. The fourth-order valence-corrected chi connectivity index (χ4v) is 4.98. The summed E-state index contributed by atoms with van der Waals surface area (Å²) < 4.78 is 44.0. The van der Waals surface area contributed by atoms with E-state index in [1.807, 2.05) is 74.6 Å². The van der Waals surface area contributed by atoms with Crippen molar-refractivity contribution in [2.24, 2.45) is 0 Å². The highest BCUT2D eigenvalue weighted by Crippen LogP contribution is 2.31. The number of ketones is 1. The van der Waals surface area contributed by atoms with Crippen molar-refractivity contribution in [2.45, 2.75) is 44.4 Å². The summed E-state index contributed by atoms with van der Waals surface area (Å²) in [4.78, 5) is 29.6. The second kappa shape index (κ2) is 15.5. The van der Waals surface area contributed by atoms with E-state index < -0.39 is 15.9 Å². The van der Waals surface area contributed by atoms with E-state index in [4.69, 9.17) is 15.9 Å². The number of nitrogens with zero attached hydrogens (tertiary/aromatic N) is 3. The van der Waals surface area contributed by atoms with Crippen LogP contribution in [-0.2, 0) is 31.2 Å². The van der Waals surface area contributed by atoms with E-state index in [9.17, 15) is 18.0 Å². The van der Waals surface area contributed by atoms with Crippen LogP contribution in [0.1, 0.15) is 39.1 Å². The molecular formula is C32H38IN5O6S. The molecule has 0 atom stereocenters. The van der Waals surface area contributed by atoms with Gasteiger partial charge in [-0.25, -0.2) is 17.9 Å². The Morgan fingerprint density at radius 2 is 1.69 bits per heavy atom. The van der Waals surface area contributed by atoms with Gasteiger partial charge in [0.25, 0.3) is 0 Å². The number of amides is 2. The molecule has 2 heterocycles. The van der Waals surface area contributed by atoms with E-state index in [2.05, 4.69) is 15.6 Å². The number of methoxy groups -OCH3 is 1. The molecule has 0 aliphatic carbocycles. The third kappa shape index (κ3) is 10.1. The maximum atomic E-state index is 13.2. The van der Waals surface area contributed by atoms with E-state index in [0.29, 0.717) is 22.2 Å². The van der Waals surface area contributed by atoms with Crippen LogP contribution in [0.15, 0.2) is 71.8 Å². The molecule has 4 rings (SSSR count). The fourth-order valence-electron chi connectivity index (χ4n) is 4.13. The molecule has 0 radical (unpaired) electrons. The Labute approximate surface area is 279 Å². The van der Waals surface area contributed by atoms with Crippen LogP contribution in [0.3, 0.4) is 0 Å². The molecule has 0 fully saturated rings. The zero-order valence-electron chi connectivity index (χ0n) is 27.0. The Morgan fingerprint density at radius 3 is 2.31 bits per heavy atom. The molecule has 2 aromatic carbocycles. The largest absolute Gasteiger partial charge is 0.457 e. The van der Waals surface area contributed by atoms with Gasteiger partial charge < -0.3 is 14.8 Å². The quantitative estimate of drug-likeness (QED) is 0.138. The number of alkyl halides is 1. The van der Waals surface area contributed by atoms with Crippen molar-refractivity contribution in [3.05, 3.63) is 83.8 Å². The van der Waals surface area contributed by atoms with Gasteiger partial charge in [-0.15, -0.1) is 0 Å². The second-order valence-corrected chi connectivity index (χ2v) is 13.1. The molecule has 0 bridgehead atoms. The Kier molecular flexibility index (Phi) is 11.7. The summed E-state index contributed by atoms with van der Waals surface area (Å²) in [6.45, 7) is 8.02. The number of aryl methyl sites for hydroxylation is 1. The summed E-state index contributed by atoms with van der Waals surface area (Å²) in [7, 11) is -2.34. The minimum atomic E-state index is -3.78. The number of carbonyl (C=O) groups is 2. The summed E-state index contributed by atoms with van der Waals surface area (Å²) in [5, 5.41) is 10.2. The fraction of sp³-hybridized carbons (Fsp3) is 0.312. The lowest BCUT2D eigenvalue weighted by atomic mass is 9.92. The molecule has 2 N–H and O–H groups in total. The number of Topliss-reactive ketones (excluding diaryl/α,β-unsaturated/α-hetero) is 1. The van der Waals surface area contributed by atoms with Crippen LogP contribution < -0.4 is 15.4 Å². The Hall–Kier alpha value is -3.82. The Balaban J connectivity index is 0.00000185. The maximum absolute atomic E-state index is 13.2. The minimum Gasteiger partial charge on any atom is -0.457 e. The van der Waals surface area contributed by atoms with Gasteiger partial charge in [0, 0.05) is 44.5 Å². The van der Waals surface area contributed by atoms with E-state index in [0.717, 1.165) is 23.2 Å². The molecule has 13 heteroatoms. The van der Waals surface area contributed by atoms with E-state index in [1.54, 1.807) is 22.9 Å². The van der Waals surface area contributed by atoms with Gasteiger partial charge in [-0.05, 0) is 42.2 Å². The normalized spacial score (nSPS) is 11.6. The summed E-state index contributed by atoms with van der Waals surface area (Å²) in [6.07, 6.45) is 2.61. The minimum absolute atomic E-state index is 0.0292. The lowest BCUT2D eigenvalue weighted by molar-refractivity contribution is -0.122. The third-order valence-corrected chi connectivity index (χ3v) is 7.44. The number of urea groups is 1. The van der Waals surface area contributed by atoms with Crippen molar-refractivity contribution in [3.63, 3.8) is 0 Å². The van der Waals surface area contributed by atoms with E-state index >= 15 is 0 Å². The van der Waals surface area contributed by atoms with Gasteiger partial charge in [-0.2, -0.15) is 5.10 Å². The van der Waals surface area contributed by atoms with Crippen LogP contribution in [0.2, 0.25) is 0 Å². The lowest BCUT2D eigenvalue weighted by Gasteiger charge is -2.14. The smallest absolute Gasteiger partial charge is 0.324 e. The summed E-state index contributed by atoms with van der Waals surface area (Å²) >= 11 is 1.96. The molecule has 240 valence electrons. The average molecular weight is 749 g/mol. The highest BCUT2D eigenvalue weighted by Gasteiger charge is 2.23. The number of sulfone groups is 1. The van der Waals surface area contributed by atoms with Gasteiger partial charge in [0.2, 0.25) is 0 Å². The number of benzene rings is 2. The van der Waals surface area contributed by atoms with Crippen molar-refractivity contribution in [1.29, 1.82) is 0 Å². The van der Waals surface area contributed by atoms with Crippen LogP contribution in [0, 0.1) is 6.92 Å². The second-order valence-electron chi connectivity index (χ2n) is 11.2. The number of ether oxygens (including phenoxy) is 2. The van der Waals surface area contributed by atoms with Crippen LogP contribution in [-0.4, -0.2) is 59.9 Å². The highest BCUT2D eigenvalue weighted by atomic mass is 127. The number of anilines is 2. The zero-order chi connectivity index (χ0) is 34.1. The van der Waals surface area contributed by atoms with Gasteiger partial charge >= 0.3 is 6.03 Å². The molecule has 11 nitrogen and oxygen atoms in total. The van der Waals surface area contributed by atoms with E-state index in [-0.39, 0.29) is 40.6 Å². The molecule has 2 amide bonds. The summed E-state index contributed by atoms with van der Waals surface area (Å²) in [5.41, 5.74) is 2.89. The van der Waals surface area contributed by atoms with Gasteiger partial charge in [-0.3, -0.25) is 15.1 Å². The van der Waals surface area contributed by atoms with Crippen molar-refractivity contribution >= 4 is 55.7 Å². The van der Waals surface area contributed by atoms with Gasteiger partial charge in [0.1, 0.15) is 23.9 Å². The van der Waals surface area contributed by atoms with Crippen molar-refractivity contribution in [2.75, 3.05) is 35.5 Å². The van der Waals surface area contributed by atoms with Gasteiger partial charge in [0.05, 0.1) is 34.1 Å². The van der Waals surface area contributed by atoms with Crippen molar-refractivity contribution in [1.82, 2.24) is 14.8 Å². The SMILES string of the molecule is COCC(=O)Cc1cc(Oc2ccc(NC(=O)Nc3cc(C(C)(C)C)nn3-c3ccc(C)cc3)c(S(C)(=O)=O)c2)ccn1.[2H]CI. The first kappa shape index (κ1) is 34.1. The molecule has 0 aliphatic rings. The van der Waals surface area contributed by atoms with Crippen LogP contribution in [0.5, 0.6) is 11.5 Å². The van der Waals surface area contributed by atoms with Crippen molar-refractivity contribution in [3.8, 4) is 17.2 Å². The van der Waals surface area contributed by atoms with Crippen molar-refractivity contribution < 1.29 is 28.9 Å². The van der Waals surface area contributed by atoms with Gasteiger partial charge in [-0.1, -0.05) is 61.1 Å². The third-order valence-electron chi connectivity index (χ3n) is 6.31. The zero-order valence-corrected chi connectivity index (χ0v) is 29.0. The first-order valence-electron chi connectivity index (χ1n) is 14.4. The first-order valence-corrected chi connectivity index (χ1v) is 17.1. The maximum Gasteiger partial charge on any atom is 0.324 e.